The molecule has 0 saturated carbocycles. The van der Waals surface area contributed by atoms with Crippen LogP contribution in [0, 0.1) is 11.6 Å². The van der Waals surface area contributed by atoms with Crippen LogP contribution < -0.4 is 0 Å². The highest BCUT2D eigenvalue weighted by molar-refractivity contribution is 7.89. The molecular weight excluding hydrogens is 248 g/mol. The van der Waals surface area contributed by atoms with Gasteiger partial charge in [0.2, 0.25) is 10.0 Å². The Kier molecular flexibility index (Phi) is 3.32. The molecule has 0 heterocycles. The van der Waals surface area contributed by atoms with E-state index in [9.17, 15) is 17.2 Å². The van der Waals surface area contributed by atoms with E-state index >= 15 is 0 Å². The van der Waals surface area contributed by atoms with Gasteiger partial charge in [-0.3, -0.25) is 0 Å². The van der Waals surface area contributed by atoms with E-state index in [2.05, 4.69) is 0 Å². The van der Waals surface area contributed by atoms with Crippen molar-refractivity contribution in [1.29, 1.82) is 0 Å². The molecule has 15 heavy (non-hydrogen) atoms. The van der Waals surface area contributed by atoms with E-state index < -0.39 is 31.6 Å². The zero-order valence-electron chi connectivity index (χ0n) is 7.96. The van der Waals surface area contributed by atoms with Crippen LogP contribution in [0.15, 0.2) is 17.0 Å². The van der Waals surface area contributed by atoms with Gasteiger partial charge in [-0.15, -0.1) is 0 Å². The monoisotopic (exact) mass is 255 g/mol. The fraction of sp³-hybridized carbons (Fsp3) is 0.250. The van der Waals surface area contributed by atoms with E-state index in [0.717, 1.165) is 10.4 Å². The Morgan fingerprint density at radius 2 is 1.73 bits per heavy atom. The van der Waals surface area contributed by atoms with Gasteiger partial charge in [0.15, 0.2) is 0 Å². The summed E-state index contributed by atoms with van der Waals surface area (Å²) >= 11 is 5.37. The first-order valence-corrected chi connectivity index (χ1v) is 5.65. The maximum absolute atomic E-state index is 13.2. The molecule has 84 valence electrons. The van der Waals surface area contributed by atoms with Gasteiger partial charge in [0.1, 0.15) is 16.5 Å². The van der Waals surface area contributed by atoms with Crippen molar-refractivity contribution < 1.29 is 17.2 Å². The van der Waals surface area contributed by atoms with Crippen LogP contribution in [0.1, 0.15) is 0 Å². The van der Waals surface area contributed by atoms with Crippen molar-refractivity contribution >= 4 is 21.6 Å². The van der Waals surface area contributed by atoms with Crippen LogP contribution in [0.4, 0.5) is 8.78 Å². The molecule has 0 spiro atoms. The molecule has 0 N–H and O–H groups in total. The Morgan fingerprint density at radius 3 is 2.20 bits per heavy atom. The maximum atomic E-state index is 13.2. The first kappa shape index (κ1) is 12.4. The van der Waals surface area contributed by atoms with E-state index in [4.69, 9.17) is 11.6 Å². The molecule has 1 aromatic rings. The van der Waals surface area contributed by atoms with Gasteiger partial charge in [0, 0.05) is 20.2 Å². The highest BCUT2D eigenvalue weighted by Crippen LogP contribution is 2.24. The zero-order valence-corrected chi connectivity index (χ0v) is 9.53. The maximum Gasteiger partial charge on any atom is 0.245 e. The van der Waals surface area contributed by atoms with Gasteiger partial charge in [0.05, 0.1) is 5.02 Å². The molecule has 0 aliphatic rings. The number of benzene rings is 1. The Hall–Kier alpha value is -0.720. The molecule has 0 saturated heterocycles. The first-order chi connectivity index (χ1) is 6.76. The lowest BCUT2D eigenvalue weighted by atomic mass is 10.3. The standard InChI is InChI=1S/C8H8ClF2NO2S/c1-12(2)15(13,14)8-3-5(9)6(10)4-7(8)11/h3-4H,1-2H3. The Labute approximate surface area is 91.3 Å². The number of nitrogens with zero attached hydrogens (tertiary/aromatic N) is 1. The first-order valence-electron chi connectivity index (χ1n) is 3.84. The van der Waals surface area contributed by atoms with Gasteiger partial charge in [-0.2, -0.15) is 0 Å². The summed E-state index contributed by atoms with van der Waals surface area (Å²) in [6, 6.07) is 1.19. The van der Waals surface area contributed by atoms with E-state index in [-0.39, 0.29) is 0 Å². The molecule has 0 unspecified atom stereocenters. The summed E-state index contributed by atoms with van der Waals surface area (Å²) in [7, 11) is -1.46. The number of rotatable bonds is 2. The van der Waals surface area contributed by atoms with Gasteiger partial charge in [-0.05, 0) is 6.07 Å². The summed E-state index contributed by atoms with van der Waals surface area (Å²) < 4.78 is 49.8. The summed E-state index contributed by atoms with van der Waals surface area (Å²) in [5.74, 6) is -2.16. The van der Waals surface area contributed by atoms with Crippen molar-refractivity contribution in [3.8, 4) is 0 Å². The average Bonchev–Trinajstić information content (AvgIpc) is 2.10. The lowest BCUT2D eigenvalue weighted by molar-refractivity contribution is 0.504. The Bertz CT molecular complexity index is 488. The highest BCUT2D eigenvalue weighted by atomic mass is 35.5. The van der Waals surface area contributed by atoms with Crippen LogP contribution in [0.3, 0.4) is 0 Å². The van der Waals surface area contributed by atoms with Crippen LogP contribution in [-0.2, 0) is 10.0 Å². The molecule has 0 fully saturated rings. The quantitative estimate of drug-likeness (QED) is 0.757. The molecule has 0 aliphatic heterocycles. The molecule has 0 atom stereocenters. The minimum Gasteiger partial charge on any atom is -0.207 e. The summed E-state index contributed by atoms with van der Waals surface area (Å²) in [6.45, 7) is 0. The summed E-state index contributed by atoms with van der Waals surface area (Å²) in [6.07, 6.45) is 0. The fourth-order valence-electron chi connectivity index (χ4n) is 0.899. The van der Waals surface area contributed by atoms with Gasteiger partial charge in [0.25, 0.3) is 0 Å². The average molecular weight is 256 g/mol. The van der Waals surface area contributed by atoms with E-state index in [1.165, 1.54) is 14.1 Å². The van der Waals surface area contributed by atoms with E-state index in [1.807, 2.05) is 0 Å². The zero-order chi connectivity index (χ0) is 11.8. The third-order valence-electron chi connectivity index (χ3n) is 1.73. The molecule has 0 radical (unpaired) electrons. The largest absolute Gasteiger partial charge is 0.245 e. The minimum atomic E-state index is -3.94. The van der Waals surface area contributed by atoms with Gasteiger partial charge < -0.3 is 0 Å². The lowest BCUT2D eigenvalue weighted by Crippen LogP contribution is -2.23. The Morgan fingerprint density at radius 1 is 1.20 bits per heavy atom. The summed E-state index contributed by atoms with van der Waals surface area (Å²) in [5, 5.41) is -0.433. The van der Waals surface area contributed by atoms with Crippen LogP contribution in [0.5, 0.6) is 0 Å². The topological polar surface area (TPSA) is 37.4 Å². The van der Waals surface area contributed by atoms with Crippen LogP contribution in [0.2, 0.25) is 5.02 Å². The van der Waals surface area contributed by atoms with Crippen molar-refractivity contribution in [2.45, 2.75) is 4.90 Å². The van der Waals surface area contributed by atoms with Gasteiger partial charge >= 0.3 is 0 Å². The van der Waals surface area contributed by atoms with E-state index in [0.29, 0.717) is 6.07 Å². The fourth-order valence-corrected chi connectivity index (χ4v) is 2.09. The third-order valence-corrected chi connectivity index (χ3v) is 3.85. The SMILES string of the molecule is CN(C)S(=O)(=O)c1cc(Cl)c(F)cc1F. The smallest absolute Gasteiger partial charge is 0.207 e. The molecular formula is C8H8ClF2NO2S. The van der Waals surface area contributed by atoms with Crippen LogP contribution in [-0.4, -0.2) is 26.8 Å². The molecule has 1 aromatic carbocycles. The molecule has 3 nitrogen and oxygen atoms in total. The van der Waals surface area contributed by atoms with E-state index in [1.54, 1.807) is 0 Å². The second kappa shape index (κ2) is 4.03. The van der Waals surface area contributed by atoms with Crippen molar-refractivity contribution in [3.05, 3.63) is 28.8 Å². The van der Waals surface area contributed by atoms with Crippen molar-refractivity contribution in [2.24, 2.45) is 0 Å². The molecule has 0 amide bonds. The Balaban J connectivity index is 3.46. The number of halogens is 3. The van der Waals surface area contributed by atoms with Gasteiger partial charge in [-0.1, -0.05) is 11.6 Å². The molecule has 1 rings (SSSR count). The van der Waals surface area contributed by atoms with Gasteiger partial charge in [-0.25, -0.2) is 21.5 Å². The highest BCUT2D eigenvalue weighted by Gasteiger charge is 2.23. The second-order valence-electron chi connectivity index (χ2n) is 2.98. The minimum absolute atomic E-state index is 0.433. The normalized spacial score (nSPS) is 12.1. The predicted molar refractivity (Wildman–Crippen MR) is 52.2 cm³/mol. The third kappa shape index (κ3) is 2.27. The number of sulfonamides is 1. The van der Waals surface area contributed by atoms with Crippen molar-refractivity contribution in [2.75, 3.05) is 14.1 Å². The predicted octanol–water partition coefficient (Wildman–Crippen LogP) is 1.87. The molecule has 7 heteroatoms. The van der Waals surface area contributed by atoms with Crippen LogP contribution in [0.25, 0.3) is 0 Å². The second-order valence-corrected chi connectivity index (χ2v) is 5.51. The summed E-state index contributed by atoms with van der Waals surface area (Å²) in [4.78, 5) is -0.640. The lowest BCUT2D eigenvalue weighted by Gasteiger charge is -2.12. The number of hydrogen-bond donors (Lipinski definition) is 0. The summed E-state index contributed by atoms with van der Waals surface area (Å²) in [5.41, 5.74) is 0. The molecule has 0 bridgehead atoms. The van der Waals surface area contributed by atoms with Crippen LogP contribution >= 0.6 is 11.6 Å². The number of hydrogen-bond acceptors (Lipinski definition) is 2. The molecule has 0 aromatic heterocycles. The van der Waals surface area contributed by atoms with Crippen molar-refractivity contribution in [3.63, 3.8) is 0 Å². The van der Waals surface area contributed by atoms with Crippen molar-refractivity contribution in [1.82, 2.24) is 4.31 Å². The molecule has 0 aliphatic carbocycles.